The van der Waals surface area contributed by atoms with Gasteiger partial charge in [-0.3, -0.25) is 4.79 Å². The number of anilines is 1. The van der Waals surface area contributed by atoms with Crippen LogP contribution in [0, 0.1) is 11.3 Å². The van der Waals surface area contributed by atoms with Gasteiger partial charge in [-0.2, -0.15) is 5.26 Å². The number of pyridine rings is 2. The largest absolute Gasteiger partial charge is 0.310 e. The number of thioether (sulfide) groups is 1. The number of hydrogen-bond donors (Lipinski definition) is 1. The summed E-state index contributed by atoms with van der Waals surface area (Å²) in [6.45, 7) is 0. The van der Waals surface area contributed by atoms with Gasteiger partial charge in [0, 0.05) is 11.9 Å². The molecule has 2 heterocycles. The van der Waals surface area contributed by atoms with E-state index in [1.807, 2.05) is 6.07 Å². The van der Waals surface area contributed by atoms with Crippen molar-refractivity contribution in [3.05, 3.63) is 46.2 Å². The van der Waals surface area contributed by atoms with E-state index in [4.69, 9.17) is 11.6 Å². The molecule has 1 aliphatic rings. The van der Waals surface area contributed by atoms with Crippen LogP contribution in [0.15, 0.2) is 29.4 Å². The van der Waals surface area contributed by atoms with Gasteiger partial charge in [0.05, 0.1) is 16.3 Å². The molecular formula is C17H15ClN4OS. The van der Waals surface area contributed by atoms with Gasteiger partial charge in [-0.15, -0.1) is 0 Å². The van der Waals surface area contributed by atoms with E-state index in [0.29, 0.717) is 21.4 Å². The number of carbonyl (C=O) groups is 1. The van der Waals surface area contributed by atoms with Crippen LogP contribution in [0.1, 0.15) is 29.7 Å². The molecule has 0 radical (unpaired) electrons. The third-order valence-corrected chi connectivity index (χ3v) is 4.94. The lowest BCUT2D eigenvalue weighted by Crippen LogP contribution is -2.15. The number of rotatable bonds is 4. The van der Waals surface area contributed by atoms with E-state index in [9.17, 15) is 10.1 Å². The van der Waals surface area contributed by atoms with Gasteiger partial charge >= 0.3 is 0 Å². The summed E-state index contributed by atoms with van der Waals surface area (Å²) in [6.07, 6.45) is 5.66. The quantitative estimate of drug-likeness (QED) is 0.844. The van der Waals surface area contributed by atoms with E-state index in [-0.39, 0.29) is 11.7 Å². The Labute approximate surface area is 149 Å². The minimum absolute atomic E-state index is 0.171. The van der Waals surface area contributed by atoms with E-state index in [2.05, 4.69) is 21.4 Å². The fourth-order valence-electron chi connectivity index (χ4n) is 2.57. The third kappa shape index (κ3) is 4.05. The Bertz CT molecular complexity index is 801. The fraction of sp³-hybridized carbons (Fsp3) is 0.294. The molecule has 0 atom stereocenters. The van der Waals surface area contributed by atoms with Crippen molar-refractivity contribution in [1.29, 1.82) is 5.26 Å². The molecule has 122 valence electrons. The van der Waals surface area contributed by atoms with Gasteiger partial charge in [-0.1, -0.05) is 23.4 Å². The van der Waals surface area contributed by atoms with Crippen molar-refractivity contribution < 1.29 is 4.79 Å². The highest BCUT2D eigenvalue weighted by molar-refractivity contribution is 8.00. The molecular weight excluding hydrogens is 344 g/mol. The maximum Gasteiger partial charge on any atom is 0.235 e. The zero-order chi connectivity index (χ0) is 16.9. The van der Waals surface area contributed by atoms with Crippen molar-refractivity contribution >= 4 is 35.1 Å². The number of carbonyl (C=O) groups excluding carboxylic acids is 1. The molecule has 24 heavy (non-hydrogen) atoms. The van der Waals surface area contributed by atoms with Crippen LogP contribution in [-0.4, -0.2) is 21.6 Å². The van der Waals surface area contributed by atoms with E-state index in [1.54, 1.807) is 12.1 Å². The van der Waals surface area contributed by atoms with Crippen LogP contribution < -0.4 is 5.32 Å². The first-order chi connectivity index (χ1) is 11.7. The number of nitriles is 1. The number of hydrogen-bond acceptors (Lipinski definition) is 5. The number of halogens is 1. The van der Waals surface area contributed by atoms with Gasteiger partial charge in [-0.05, 0) is 49.4 Å². The Hall–Kier alpha value is -2.10. The van der Waals surface area contributed by atoms with Crippen molar-refractivity contribution in [2.45, 2.75) is 30.7 Å². The predicted octanol–water partition coefficient (Wildman–Crippen LogP) is 3.61. The molecule has 7 heteroatoms. The Morgan fingerprint density at radius 3 is 2.96 bits per heavy atom. The normalized spacial score (nSPS) is 13.0. The summed E-state index contributed by atoms with van der Waals surface area (Å²) in [5, 5.41) is 13.2. The highest BCUT2D eigenvalue weighted by Crippen LogP contribution is 2.27. The molecule has 0 aromatic carbocycles. The molecule has 1 aliphatic carbocycles. The van der Waals surface area contributed by atoms with Crippen LogP contribution in [-0.2, 0) is 17.6 Å². The number of amides is 1. The Kier molecular flexibility index (Phi) is 5.34. The van der Waals surface area contributed by atoms with Crippen LogP contribution in [0.5, 0.6) is 0 Å². The van der Waals surface area contributed by atoms with Gasteiger partial charge in [0.25, 0.3) is 0 Å². The topological polar surface area (TPSA) is 78.7 Å². The Morgan fingerprint density at radius 1 is 1.38 bits per heavy atom. The Balaban J connectivity index is 1.66. The van der Waals surface area contributed by atoms with Crippen LogP contribution in [0.2, 0.25) is 5.02 Å². The Morgan fingerprint density at radius 2 is 2.21 bits per heavy atom. The summed E-state index contributed by atoms with van der Waals surface area (Å²) in [5.74, 6) is 0.423. The van der Waals surface area contributed by atoms with Gasteiger partial charge in [0.2, 0.25) is 5.91 Å². The predicted molar refractivity (Wildman–Crippen MR) is 94.2 cm³/mol. The van der Waals surface area contributed by atoms with Crippen LogP contribution in [0.3, 0.4) is 0 Å². The fourth-order valence-corrected chi connectivity index (χ4v) is 3.45. The molecule has 0 unspecified atom stereocenters. The summed E-state index contributed by atoms with van der Waals surface area (Å²) < 4.78 is 0. The van der Waals surface area contributed by atoms with E-state index in [1.165, 1.54) is 18.0 Å². The summed E-state index contributed by atoms with van der Waals surface area (Å²) in [4.78, 5) is 20.7. The van der Waals surface area contributed by atoms with Gasteiger partial charge in [0.15, 0.2) is 0 Å². The summed E-state index contributed by atoms with van der Waals surface area (Å²) in [5.41, 5.74) is 2.76. The molecule has 2 aromatic heterocycles. The molecule has 0 bridgehead atoms. The zero-order valence-electron chi connectivity index (χ0n) is 12.9. The van der Waals surface area contributed by atoms with E-state index in [0.717, 1.165) is 36.9 Å². The van der Waals surface area contributed by atoms with Crippen LogP contribution in [0.25, 0.3) is 0 Å². The number of fused-ring (bicyclic) bond motifs is 1. The number of aromatic nitrogens is 2. The van der Waals surface area contributed by atoms with Gasteiger partial charge < -0.3 is 5.32 Å². The number of nitrogens with one attached hydrogen (secondary N) is 1. The average Bonchev–Trinajstić information content (AvgIpc) is 2.61. The summed E-state index contributed by atoms with van der Waals surface area (Å²) in [6, 6.07) is 7.41. The summed E-state index contributed by atoms with van der Waals surface area (Å²) >= 11 is 7.04. The second kappa shape index (κ2) is 7.65. The van der Waals surface area contributed by atoms with Crippen LogP contribution >= 0.6 is 23.4 Å². The molecule has 1 amide bonds. The van der Waals surface area contributed by atoms with Crippen molar-refractivity contribution in [2.75, 3.05) is 11.1 Å². The smallest absolute Gasteiger partial charge is 0.235 e. The second-order valence-corrected chi connectivity index (χ2v) is 6.86. The highest BCUT2D eigenvalue weighted by atomic mass is 35.5. The standard InChI is InChI=1S/C17H15ClN4OS/c18-13-5-6-15(20-9-13)22-16(23)10-24-17-12(8-19)7-11-3-1-2-4-14(11)21-17/h5-7,9H,1-4,10H2,(H,20,22,23). The molecule has 5 nitrogen and oxygen atoms in total. The number of aryl methyl sites for hydroxylation is 2. The molecule has 0 saturated carbocycles. The van der Waals surface area contributed by atoms with Crippen molar-refractivity contribution in [3.8, 4) is 6.07 Å². The molecule has 0 spiro atoms. The maximum absolute atomic E-state index is 12.0. The highest BCUT2D eigenvalue weighted by Gasteiger charge is 2.16. The van der Waals surface area contributed by atoms with Gasteiger partial charge in [0.1, 0.15) is 16.9 Å². The second-order valence-electron chi connectivity index (χ2n) is 5.46. The molecule has 0 aliphatic heterocycles. The van der Waals surface area contributed by atoms with E-state index >= 15 is 0 Å². The molecule has 0 fully saturated rings. The van der Waals surface area contributed by atoms with Crippen LogP contribution in [0.4, 0.5) is 5.82 Å². The van der Waals surface area contributed by atoms with E-state index < -0.39 is 0 Å². The molecule has 1 N–H and O–H groups in total. The maximum atomic E-state index is 12.0. The first-order valence-corrected chi connectivity index (χ1v) is 8.99. The lowest BCUT2D eigenvalue weighted by molar-refractivity contribution is -0.113. The van der Waals surface area contributed by atoms with Crippen molar-refractivity contribution in [1.82, 2.24) is 9.97 Å². The number of nitrogens with zero attached hydrogens (tertiary/aromatic N) is 3. The SMILES string of the molecule is N#Cc1cc2c(nc1SCC(=O)Nc1ccc(Cl)cn1)CCCC2. The monoisotopic (exact) mass is 358 g/mol. The van der Waals surface area contributed by atoms with Crippen molar-refractivity contribution in [2.24, 2.45) is 0 Å². The lowest BCUT2D eigenvalue weighted by Gasteiger charge is -2.16. The zero-order valence-corrected chi connectivity index (χ0v) is 14.5. The molecule has 0 saturated heterocycles. The van der Waals surface area contributed by atoms with Gasteiger partial charge in [-0.25, -0.2) is 9.97 Å². The first kappa shape index (κ1) is 16.7. The average molecular weight is 359 g/mol. The molecule has 2 aromatic rings. The third-order valence-electron chi connectivity index (χ3n) is 3.72. The summed E-state index contributed by atoms with van der Waals surface area (Å²) in [7, 11) is 0. The minimum atomic E-state index is -0.196. The lowest BCUT2D eigenvalue weighted by atomic mass is 9.95. The molecule has 3 rings (SSSR count). The van der Waals surface area contributed by atoms with Crippen molar-refractivity contribution in [3.63, 3.8) is 0 Å². The minimum Gasteiger partial charge on any atom is -0.310 e. The first-order valence-electron chi connectivity index (χ1n) is 7.63.